The van der Waals surface area contributed by atoms with Crippen LogP contribution in [0.4, 0.5) is 11.4 Å². The van der Waals surface area contributed by atoms with Gasteiger partial charge in [-0.25, -0.2) is 4.79 Å². The van der Waals surface area contributed by atoms with E-state index in [0.717, 1.165) is 0 Å². The Hall–Kier alpha value is -2.37. The van der Waals surface area contributed by atoms with Crippen molar-refractivity contribution < 1.29 is 14.5 Å². The maximum absolute atomic E-state index is 11.3. The molecule has 0 spiro atoms. The molecule has 6 nitrogen and oxygen atoms in total. The van der Waals surface area contributed by atoms with Crippen molar-refractivity contribution >= 4 is 23.4 Å². The zero-order valence-corrected chi connectivity index (χ0v) is 12.9. The number of esters is 1. The van der Waals surface area contributed by atoms with Crippen LogP contribution < -0.4 is 4.90 Å². The van der Waals surface area contributed by atoms with Crippen molar-refractivity contribution in [1.29, 1.82) is 0 Å². The molecular weight excluding hydrogens is 272 g/mol. The molecular formula is C15H20N2O4. The number of carbonyl (C=O) groups is 1. The molecule has 0 aliphatic carbocycles. The molecule has 0 aliphatic rings. The van der Waals surface area contributed by atoms with Crippen molar-refractivity contribution in [2.75, 3.05) is 19.1 Å². The Morgan fingerprint density at radius 1 is 1.38 bits per heavy atom. The smallest absolute Gasteiger partial charge is 0.330 e. The van der Waals surface area contributed by atoms with E-state index in [2.05, 4.69) is 4.74 Å². The van der Waals surface area contributed by atoms with E-state index in [9.17, 15) is 14.9 Å². The quantitative estimate of drug-likeness (QED) is 0.369. The Kier molecular flexibility index (Phi) is 5.07. The summed E-state index contributed by atoms with van der Waals surface area (Å²) in [4.78, 5) is 23.7. The molecule has 0 fully saturated rings. The Labute approximate surface area is 124 Å². The van der Waals surface area contributed by atoms with Crippen LogP contribution in [0.2, 0.25) is 0 Å². The summed E-state index contributed by atoms with van der Waals surface area (Å²) in [5.74, 6) is -0.506. The molecule has 6 heteroatoms. The number of ether oxygens (including phenoxy) is 1. The van der Waals surface area contributed by atoms with E-state index in [1.807, 2.05) is 32.7 Å². The zero-order chi connectivity index (χ0) is 16.2. The highest BCUT2D eigenvalue weighted by molar-refractivity contribution is 5.87. The van der Waals surface area contributed by atoms with E-state index in [4.69, 9.17) is 0 Å². The summed E-state index contributed by atoms with van der Waals surface area (Å²) in [7, 11) is 3.09. The maximum atomic E-state index is 11.3. The number of methoxy groups -OCH3 is 1. The molecule has 114 valence electrons. The fourth-order valence-corrected chi connectivity index (χ4v) is 1.67. The first-order valence-corrected chi connectivity index (χ1v) is 6.45. The highest BCUT2D eigenvalue weighted by Crippen LogP contribution is 2.32. The number of nitro groups is 1. The van der Waals surface area contributed by atoms with Gasteiger partial charge in [0.1, 0.15) is 5.69 Å². The van der Waals surface area contributed by atoms with Crippen LogP contribution >= 0.6 is 0 Å². The summed E-state index contributed by atoms with van der Waals surface area (Å²) in [5, 5.41) is 11.3. The lowest BCUT2D eigenvalue weighted by Gasteiger charge is -2.33. The lowest BCUT2D eigenvalue weighted by Crippen LogP contribution is -2.38. The topological polar surface area (TPSA) is 72.7 Å². The summed E-state index contributed by atoms with van der Waals surface area (Å²) >= 11 is 0. The highest BCUT2D eigenvalue weighted by Gasteiger charge is 2.24. The molecule has 0 atom stereocenters. The third-order valence-corrected chi connectivity index (χ3v) is 3.18. The fourth-order valence-electron chi connectivity index (χ4n) is 1.67. The molecule has 1 aromatic rings. The molecule has 0 amide bonds. The van der Waals surface area contributed by atoms with Gasteiger partial charge in [-0.1, -0.05) is 6.07 Å². The van der Waals surface area contributed by atoms with Gasteiger partial charge in [0.2, 0.25) is 0 Å². The molecule has 0 unspecified atom stereocenters. The molecule has 0 heterocycles. The SMILES string of the molecule is COC(=O)C=Cc1ccc(N(C)C(C)(C)C)c([N+](=O)[O-])c1. The summed E-state index contributed by atoms with van der Waals surface area (Å²) in [6.07, 6.45) is 2.71. The van der Waals surface area contributed by atoms with Gasteiger partial charge >= 0.3 is 5.97 Å². The molecule has 21 heavy (non-hydrogen) atoms. The van der Waals surface area contributed by atoms with Crippen molar-refractivity contribution in [3.05, 3.63) is 40.0 Å². The van der Waals surface area contributed by atoms with E-state index in [1.165, 1.54) is 25.3 Å². The summed E-state index contributed by atoms with van der Waals surface area (Å²) in [6, 6.07) is 4.85. The molecule has 0 bridgehead atoms. The van der Waals surface area contributed by atoms with Gasteiger partial charge in [-0.3, -0.25) is 10.1 Å². The second kappa shape index (κ2) is 6.39. The zero-order valence-electron chi connectivity index (χ0n) is 12.9. The van der Waals surface area contributed by atoms with Crippen LogP contribution in [0.3, 0.4) is 0 Å². The summed E-state index contributed by atoms with van der Waals surface area (Å²) < 4.78 is 4.49. The van der Waals surface area contributed by atoms with Crippen LogP contribution in [0.15, 0.2) is 24.3 Å². The van der Waals surface area contributed by atoms with Crippen LogP contribution in [0.1, 0.15) is 26.3 Å². The van der Waals surface area contributed by atoms with Gasteiger partial charge in [-0.2, -0.15) is 0 Å². The third-order valence-electron chi connectivity index (χ3n) is 3.18. The van der Waals surface area contributed by atoms with Gasteiger partial charge < -0.3 is 9.64 Å². The van der Waals surface area contributed by atoms with E-state index in [-0.39, 0.29) is 11.2 Å². The number of hydrogen-bond acceptors (Lipinski definition) is 5. The normalized spacial score (nSPS) is 11.5. The molecule has 0 aliphatic heterocycles. The predicted octanol–water partition coefficient (Wildman–Crippen LogP) is 3.02. The van der Waals surface area contributed by atoms with Gasteiger partial charge in [0.25, 0.3) is 5.69 Å². The average molecular weight is 292 g/mol. The van der Waals surface area contributed by atoms with Crippen LogP contribution in [0.25, 0.3) is 6.08 Å². The minimum atomic E-state index is -0.506. The van der Waals surface area contributed by atoms with E-state index < -0.39 is 10.9 Å². The van der Waals surface area contributed by atoms with Crippen LogP contribution in [-0.4, -0.2) is 30.6 Å². The summed E-state index contributed by atoms with van der Waals surface area (Å²) in [5.41, 5.74) is 0.856. The molecule has 0 N–H and O–H groups in total. The van der Waals surface area contributed by atoms with Crippen LogP contribution in [-0.2, 0) is 9.53 Å². The molecule has 0 saturated heterocycles. The predicted molar refractivity (Wildman–Crippen MR) is 82.3 cm³/mol. The number of nitro benzene ring substituents is 1. The Morgan fingerprint density at radius 2 is 2.00 bits per heavy atom. The van der Waals surface area contributed by atoms with Gasteiger partial charge in [0, 0.05) is 24.7 Å². The lowest BCUT2D eigenvalue weighted by molar-refractivity contribution is -0.384. The van der Waals surface area contributed by atoms with Crippen molar-refractivity contribution in [1.82, 2.24) is 0 Å². The average Bonchev–Trinajstić information content (AvgIpc) is 2.42. The number of carbonyl (C=O) groups excluding carboxylic acids is 1. The summed E-state index contributed by atoms with van der Waals surface area (Å²) in [6.45, 7) is 5.92. The van der Waals surface area contributed by atoms with Crippen LogP contribution in [0.5, 0.6) is 0 Å². The largest absolute Gasteiger partial charge is 0.466 e. The fraction of sp³-hybridized carbons (Fsp3) is 0.400. The lowest BCUT2D eigenvalue weighted by atomic mass is 10.0. The van der Waals surface area contributed by atoms with Crippen molar-refractivity contribution in [2.24, 2.45) is 0 Å². The van der Waals surface area contributed by atoms with Crippen LogP contribution in [0, 0.1) is 10.1 Å². The maximum Gasteiger partial charge on any atom is 0.330 e. The van der Waals surface area contributed by atoms with Gasteiger partial charge in [0.05, 0.1) is 12.0 Å². The Morgan fingerprint density at radius 3 is 2.48 bits per heavy atom. The molecule has 0 aromatic heterocycles. The van der Waals surface area contributed by atoms with Crippen molar-refractivity contribution in [3.8, 4) is 0 Å². The molecule has 1 aromatic carbocycles. The number of rotatable bonds is 4. The molecule has 0 saturated carbocycles. The monoisotopic (exact) mass is 292 g/mol. The number of benzene rings is 1. The second-order valence-electron chi connectivity index (χ2n) is 5.59. The van der Waals surface area contributed by atoms with E-state index in [0.29, 0.717) is 11.3 Å². The number of anilines is 1. The minimum absolute atomic E-state index is 0.000518. The first-order valence-electron chi connectivity index (χ1n) is 6.45. The molecule has 0 radical (unpaired) electrons. The highest BCUT2D eigenvalue weighted by atomic mass is 16.6. The van der Waals surface area contributed by atoms with Gasteiger partial charge in [0.15, 0.2) is 0 Å². The Bertz CT molecular complexity index is 574. The first kappa shape index (κ1) is 16.7. The van der Waals surface area contributed by atoms with Crippen molar-refractivity contribution in [3.63, 3.8) is 0 Å². The number of hydrogen-bond donors (Lipinski definition) is 0. The van der Waals surface area contributed by atoms with Gasteiger partial charge in [-0.15, -0.1) is 0 Å². The van der Waals surface area contributed by atoms with Gasteiger partial charge in [-0.05, 0) is 38.5 Å². The third kappa shape index (κ3) is 4.30. The first-order chi connectivity index (χ1) is 9.66. The Balaban J connectivity index is 3.23. The van der Waals surface area contributed by atoms with Crippen molar-refractivity contribution in [2.45, 2.75) is 26.3 Å². The molecule has 1 rings (SSSR count). The van der Waals surface area contributed by atoms with E-state index >= 15 is 0 Å². The number of nitrogens with zero attached hydrogens (tertiary/aromatic N) is 2. The second-order valence-corrected chi connectivity index (χ2v) is 5.59. The minimum Gasteiger partial charge on any atom is -0.466 e. The van der Waals surface area contributed by atoms with E-state index in [1.54, 1.807) is 12.1 Å². The standard InChI is InChI=1S/C15H20N2O4/c1-15(2,3)16(4)12-8-6-11(7-9-14(18)21-5)10-13(12)17(19)20/h6-10H,1-5H3.